The first-order valence-corrected chi connectivity index (χ1v) is 18.1. The van der Waals surface area contributed by atoms with Crippen LogP contribution in [0.2, 0.25) is 5.02 Å². The molecule has 10 nitrogen and oxygen atoms in total. The summed E-state index contributed by atoms with van der Waals surface area (Å²) in [6, 6.07) is 17.0. The van der Waals surface area contributed by atoms with Gasteiger partial charge in [-0.3, -0.25) is 14.5 Å². The van der Waals surface area contributed by atoms with Crippen molar-refractivity contribution >= 4 is 33.2 Å². The Morgan fingerprint density at radius 1 is 0.978 bits per heavy atom. The number of likely N-dealkylation sites (tertiary alicyclic amines) is 1. The number of aromatic nitrogens is 3. The number of carbonyl (C=O) groups excluding carboxylic acids is 1. The predicted octanol–water partition coefficient (Wildman–Crippen LogP) is 4.91. The Hall–Kier alpha value is -3.77. The van der Waals surface area contributed by atoms with Crippen molar-refractivity contribution in [1.29, 1.82) is 0 Å². The van der Waals surface area contributed by atoms with Crippen LogP contribution in [0.5, 0.6) is 0 Å². The fraction of sp³-hybridized carbons (Fsp3) is 0.382. The summed E-state index contributed by atoms with van der Waals surface area (Å²) in [6.45, 7) is 5.89. The third kappa shape index (κ3) is 7.60. The number of hydrogen-bond acceptors (Lipinski definition) is 7. The smallest absolute Gasteiger partial charge is 0.251 e. The molecule has 1 fully saturated rings. The van der Waals surface area contributed by atoms with Crippen LogP contribution in [-0.4, -0.2) is 83.8 Å². The lowest BCUT2D eigenvalue weighted by Crippen LogP contribution is -2.35. The first-order chi connectivity index (χ1) is 22.3. The summed E-state index contributed by atoms with van der Waals surface area (Å²) < 4.78 is 28.7. The summed E-state index contributed by atoms with van der Waals surface area (Å²) in [5, 5.41) is 11.8. The number of nitrogens with zero attached hydrogens (tertiary/aromatic N) is 5. The van der Waals surface area contributed by atoms with E-state index in [1.807, 2.05) is 48.5 Å². The van der Waals surface area contributed by atoms with E-state index in [1.54, 1.807) is 18.5 Å². The fourth-order valence-corrected chi connectivity index (χ4v) is 7.30. The second-order valence-corrected chi connectivity index (χ2v) is 14.3. The lowest BCUT2D eigenvalue weighted by molar-refractivity contribution is 0.0955. The monoisotopic (exact) mass is 661 g/mol. The maximum atomic E-state index is 13.0. The zero-order valence-electron chi connectivity index (χ0n) is 26.1. The molecule has 0 aliphatic carbocycles. The van der Waals surface area contributed by atoms with Gasteiger partial charge < -0.3 is 15.5 Å². The summed E-state index contributed by atoms with van der Waals surface area (Å²) in [4.78, 5) is 19.6. The van der Waals surface area contributed by atoms with Crippen molar-refractivity contribution < 1.29 is 13.2 Å². The molecule has 2 aromatic carbocycles. The molecule has 0 saturated carbocycles. The van der Waals surface area contributed by atoms with E-state index in [4.69, 9.17) is 16.7 Å². The molecule has 2 aliphatic heterocycles. The molecular formula is C34H40ClN7O3S. The number of aryl methyl sites for hydroxylation is 1. The molecule has 46 heavy (non-hydrogen) atoms. The first-order valence-electron chi connectivity index (χ1n) is 15.8. The fourth-order valence-electron chi connectivity index (χ4n) is 6.29. The summed E-state index contributed by atoms with van der Waals surface area (Å²) >= 11 is 6.74. The van der Waals surface area contributed by atoms with Gasteiger partial charge in [0.05, 0.1) is 17.6 Å². The zero-order chi connectivity index (χ0) is 32.1. The van der Waals surface area contributed by atoms with Gasteiger partial charge in [0.2, 0.25) is 10.0 Å². The van der Waals surface area contributed by atoms with E-state index in [0.717, 1.165) is 71.9 Å². The molecule has 4 heterocycles. The number of anilines is 1. The van der Waals surface area contributed by atoms with Gasteiger partial charge in [0.1, 0.15) is 0 Å². The highest BCUT2D eigenvalue weighted by Gasteiger charge is 2.30. The van der Waals surface area contributed by atoms with E-state index < -0.39 is 10.0 Å². The van der Waals surface area contributed by atoms with E-state index in [9.17, 15) is 13.2 Å². The molecule has 2 N–H and O–H groups in total. The minimum Gasteiger partial charge on any atom is -0.382 e. The van der Waals surface area contributed by atoms with Crippen molar-refractivity contribution in [2.24, 2.45) is 0 Å². The van der Waals surface area contributed by atoms with Crippen LogP contribution in [0.1, 0.15) is 40.9 Å². The average Bonchev–Trinajstić information content (AvgIpc) is 3.71. The van der Waals surface area contributed by atoms with Crippen LogP contribution in [-0.2, 0) is 29.5 Å². The molecule has 12 heteroatoms. The van der Waals surface area contributed by atoms with Crippen LogP contribution in [0.4, 0.5) is 5.69 Å². The Labute approximate surface area is 275 Å². The van der Waals surface area contributed by atoms with Crippen LogP contribution in [0.3, 0.4) is 0 Å². The summed E-state index contributed by atoms with van der Waals surface area (Å²) in [6.07, 6.45) is 8.85. The SMILES string of the molecule is CS(=O)(=O)N1CCc2c(c(-c3ccc(Cl)c(-c4cccc(C(=O)NCCNc5cccnc5)c4)c3)nn2CCCN2CCCC2)C1. The highest BCUT2D eigenvalue weighted by molar-refractivity contribution is 7.88. The van der Waals surface area contributed by atoms with Crippen LogP contribution >= 0.6 is 11.6 Å². The largest absolute Gasteiger partial charge is 0.382 e. The quantitative estimate of drug-likeness (QED) is 0.208. The standard InChI is InChI=1S/C34H40ClN7O3S/c1-46(44,45)41-20-12-32-30(24-41)33(39-42(32)19-6-18-40-16-2-3-17-40)26-10-11-31(35)29(22-26)25-7-4-8-27(21-25)34(43)38-15-14-37-28-9-5-13-36-23-28/h4-5,7-11,13,21-23,37H,2-3,6,12,14-20,24H2,1H3,(H,38,43). The van der Waals surface area contributed by atoms with Gasteiger partial charge in [0.15, 0.2) is 0 Å². The number of halogens is 1. The van der Waals surface area contributed by atoms with Crippen LogP contribution in [0, 0.1) is 0 Å². The van der Waals surface area contributed by atoms with Gasteiger partial charge >= 0.3 is 0 Å². The number of sulfonamides is 1. The second-order valence-electron chi connectivity index (χ2n) is 11.9. The maximum Gasteiger partial charge on any atom is 0.251 e. The van der Waals surface area contributed by atoms with Crippen LogP contribution in [0.25, 0.3) is 22.4 Å². The molecular weight excluding hydrogens is 622 g/mol. The van der Waals surface area contributed by atoms with Crippen molar-refractivity contribution in [2.75, 3.05) is 50.8 Å². The topological polar surface area (TPSA) is 112 Å². The van der Waals surface area contributed by atoms with Crippen LogP contribution in [0.15, 0.2) is 67.0 Å². The van der Waals surface area contributed by atoms with Crippen molar-refractivity contribution in [3.05, 3.63) is 88.8 Å². The molecule has 0 bridgehead atoms. The number of amides is 1. The molecule has 1 saturated heterocycles. The zero-order valence-corrected chi connectivity index (χ0v) is 27.7. The Kier molecular flexibility index (Phi) is 10.0. The van der Waals surface area contributed by atoms with Gasteiger partial charge in [-0.05, 0) is 80.9 Å². The molecule has 4 aromatic rings. The number of pyridine rings is 1. The molecule has 2 aliphatic rings. The highest BCUT2D eigenvalue weighted by atomic mass is 35.5. The number of carbonyl (C=O) groups is 1. The second kappa shape index (κ2) is 14.3. The van der Waals surface area contributed by atoms with Crippen molar-refractivity contribution in [1.82, 2.24) is 29.3 Å². The molecule has 1 amide bonds. The predicted molar refractivity (Wildman–Crippen MR) is 182 cm³/mol. The third-order valence-electron chi connectivity index (χ3n) is 8.69. The lowest BCUT2D eigenvalue weighted by Gasteiger charge is -2.26. The average molecular weight is 662 g/mol. The molecule has 0 radical (unpaired) electrons. The third-order valence-corrected chi connectivity index (χ3v) is 10.3. The van der Waals surface area contributed by atoms with Gasteiger partial charge in [0, 0.05) is 84.5 Å². The maximum absolute atomic E-state index is 13.0. The first kappa shape index (κ1) is 32.2. The van der Waals surface area contributed by atoms with Gasteiger partial charge in [-0.1, -0.05) is 29.8 Å². The van der Waals surface area contributed by atoms with Gasteiger partial charge in [0.25, 0.3) is 5.91 Å². The normalized spacial score (nSPS) is 15.5. The number of nitrogens with one attached hydrogen (secondary N) is 2. The number of hydrogen-bond donors (Lipinski definition) is 2. The van der Waals surface area contributed by atoms with Crippen molar-refractivity contribution in [2.45, 2.75) is 38.8 Å². The van der Waals surface area contributed by atoms with Crippen molar-refractivity contribution in [3.63, 3.8) is 0 Å². The van der Waals surface area contributed by atoms with Crippen LogP contribution < -0.4 is 10.6 Å². The summed E-state index contributed by atoms with van der Waals surface area (Å²) in [7, 11) is -3.36. The lowest BCUT2D eigenvalue weighted by atomic mass is 9.97. The Morgan fingerprint density at radius 3 is 2.61 bits per heavy atom. The number of benzene rings is 2. The highest BCUT2D eigenvalue weighted by Crippen LogP contribution is 2.36. The van der Waals surface area contributed by atoms with Gasteiger partial charge in [-0.2, -0.15) is 9.40 Å². The van der Waals surface area contributed by atoms with E-state index in [0.29, 0.717) is 43.2 Å². The van der Waals surface area contributed by atoms with Crippen molar-refractivity contribution in [3.8, 4) is 22.4 Å². The minimum absolute atomic E-state index is 0.176. The minimum atomic E-state index is -3.36. The molecule has 0 unspecified atom stereocenters. The number of fused-ring (bicyclic) bond motifs is 1. The van der Waals surface area contributed by atoms with E-state index in [1.165, 1.54) is 23.4 Å². The Balaban J connectivity index is 1.23. The summed E-state index contributed by atoms with van der Waals surface area (Å²) in [5.41, 5.74) is 6.70. The van der Waals surface area contributed by atoms with Gasteiger partial charge in [-0.25, -0.2) is 8.42 Å². The van der Waals surface area contributed by atoms with E-state index in [-0.39, 0.29) is 5.91 Å². The molecule has 242 valence electrons. The van der Waals surface area contributed by atoms with Gasteiger partial charge in [-0.15, -0.1) is 0 Å². The molecule has 0 spiro atoms. The molecule has 6 rings (SSSR count). The molecule has 0 atom stereocenters. The molecule has 2 aromatic heterocycles. The van der Waals surface area contributed by atoms with E-state index >= 15 is 0 Å². The Morgan fingerprint density at radius 2 is 1.83 bits per heavy atom. The number of rotatable bonds is 12. The van der Waals surface area contributed by atoms with E-state index in [2.05, 4.69) is 25.2 Å². The Bertz CT molecular complexity index is 1790. The summed E-state index contributed by atoms with van der Waals surface area (Å²) in [5.74, 6) is -0.176.